The zero-order valence-corrected chi connectivity index (χ0v) is 15.4. The van der Waals surface area contributed by atoms with Crippen LogP contribution in [0.15, 0.2) is 36.4 Å². The molecular weight excluding hydrogens is 312 g/mol. The van der Waals surface area contributed by atoms with E-state index in [1.807, 2.05) is 4.90 Å². The number of ketones is 1. The van der Waals surface area contributed by atoms with Crippen LogP contribution in [-0.2, 0) is 5.41 Å². The largest absolute Gasteiger partial charge is 0.348 e. The van der Waals surface area contributed by atoms with Crippen LogP contribution in [-0.4, -0.2) is 28.1 Å². The molecule has 0 radical (unpaired) electrons. The number of Topliss-reactive ketones (excluding diaryl/α,β-unsaturated/α-hetero) is 1. The third-order valence-electron chi connectivity index (χ3n) is 4.97. The van der Waals surface area contributed by atoms with Crippen molar-refractivity contribution in [3.63, 3.8) is 0 Å². The van der Waals surface area contributed by atoms with E-state index in [2.05, 4.69) is 50.0 Å². The average Bonchev–Trinajstić information content (AvgIpc) is 3.23. The van der Waals surface area contributed by atoms with Gasteiger partial charge in [0.25, 0.3) is 5.91 Å². The molecule has 0 aliphatic carbocycles. The van der Waals surface area contributed by atoms with Crippen molar-refractivity contribution in [2.24, 2.45) is 0 Å². The van der Waals surface area contributed by atoms with Crippen LogP contribution in [0.4, 0.5) is 0 Å². The second-order valence-corrected chi connectivity index (χ2v) is 7.87. The Hall–Kier alpha value is -2.36. The third-order valence-corrected chi connectivity index (χ3v) is 4.97. The monoisotopic (exact) mass is 338 g/mol. The van der Waals surface area contributed by atoms with Crippen LogP contribution >= 0.6 is 0 Å². The first-order valence-corrected chi connectivity index (χ1v) is 8.89. The van der Waals surface area contributed by atoms with Crippen LogP contribution < -0.4 is 0 Å². The molecule has 1 aromatic heterocycles. The average molecular weight is 338 g/mol. The maximum atomic E-state index is 12.9. The summed E-state index contributed by atoms with van der Waals surface area (Å²) in [6.45, 7) is 8.84. The Kier molecular flexibility index (Phi) is 4.55. The quantitative estimate of drug-likeness (QED) is 0.838. The molecule has 0 bridgehead atoms. The molecule has 1 saturated heterocycles. The first-order valence-electron chi connectivity index (χ1n) is 8.89. The highest BCUT2D eigenvalue weighted by Gasteiger charge is 2.31. The van der Waals surface area contributed by atoms with Crippen LogP contribution in [0, 0.1) is 0 Å². The van der Waals surface area contributed by atoms with E-state index in [4.69, 9.17) is 0 Å². The van der Waals surface area contributed by atoms with Crippen molar-refractivity contribution in [3.8, 4) is 0 Å². The molecule has 2 heterocycles. The maximum absolute atomic E-state index is 12.9. The molecule has 1 aliphatic rings. The van der Waals surface area contributed by atoms with E-state index in [0.717, 1.165) is 19.4 Å². The van der Waals surface area contributed by atoms with Gasteiger partial charge in [-0.1, -0.05) is 45.0 Å². The van der Waals surface area contributed by atoms with Gasteiger partial charge in [-0.2, -0.15) is 0 Å². The van der Waals surface area contributed by atoms with Gasteiger partial charge in [0.05, 0.1) is 11.7 Å². The molecule has 132 valence electrons. The van der Waals surface area contributed by atoms with Crippen molar-refractivity contribution in [1.82, 2.24) is 9.88 Å². The summed E-state index contributed by atoms with van der Waals surface area (Å²) in [7, 11) is 0. The van der Waals surface area contributed by atoms with Gasteiger partial charge in [0, 0.05) is 13.5 Å². The molecule has 0 saturated carbocycles. The van der Waals surface area contributed by atoms with Crippen LogP contribution in [0.25, 0.3) is 0 Å². The Morgan fingerprint density at radius 1 is 1.04 bits per heavy atom. The fourth-order valence-corrected chi connectivity index (χ4v) is 3.44. The highest BCUT2D eigenvalue weighted by molar-refractivity contribution is 5.97. The lowest BCUT2D eigenvalue weighted by Crippen LogP contribution is -2.31. The van der Waals surface area contributed by atoms with Crippen LogP contribution in [0.2, 0.25) is 0 Å². The first kappa shape index (κ1) is 17.5. The minimum Gasteiger partial charge on any atom is -0.348 e. The second-order valence-electron chi connectivity index (χ2n) is 7.87. The topological polar surface area (TPSA) is 53.2 Å². The predicted octanol–water partition coefficient (Wildman–Crippen LogP) is 4.49. The van der Waals surface area contributed by atoms with Crippen molar-refractivity contribution >= 4 is 11.7 Å². The van der Waals surface area contributed by atoms with Gasteiger partial charge in [-0.05, 0) is 41.5 Å². The number of hydrogen-bond acceptors (Lipinski definition) is 2. The fraction of sp³-hybridized carbons (Fsp3) is 0.429. The number of carbonyl (C=O) groups is 2. The number of hydrogen-bond donors (Lipinski definition) is 1. The van der Waals surface area contributed by atoms with Gasteiger partial charge in [-0.3, -0.25) is 9.59 Å². The third kappa shape index (κ3) is 3.53. The van der Waals surface area contributed by atoms with E-state index in [-0.39, 0.29) is 23.1 Å². The summed E-state index contributed by atoms with van der Waals surface area (Å²) < 4.78 is 0. The van der Waals surface area contributed by atoms with Crippen molar-refractivity contribution in [2.45, 2.75) is 52.0 Å². The summed E-state index contributed by atoms with van der Waals surface area (Å²) in [5, 5.41) is 0. The van der Waals surface area contributed by atoms with Gasteiger partial charge in [-0.25, -0.2) is 0 Å². The minimum atomic E-state index is -0.0604. The molecule has 1 amide bonds. The standard InChI is InChI=1S/C21H26N2O2/c1-14(24)17-11-12-18(22-17)20(25)23-13-5-6-19(23)15-7-9-16(10-8-15)21(2,3)4/h7-12,19,22H,5-6,13H2,1-4H3. The van der Waals surface area contributed by atoms with E-state index in [1.165, 1.54) is 18.1 Å². The Labute approximate surface area is 149 Å². The molecule has 1 aliphatic heterocycles. The van der Waals surface area contributed by atoms with E-state index in [1.54, 1.807) is 12.1 Å². The molecule has 25 heavy (non-hydrogen) atoms. The second kappa shape index (κ2) is 6.51. The van der Waals surface area contributed by atoms with E-state index >= 15 is 0 Å². The highest BCUT2D eigenvalue weighted by Crippen LogP contribution is 2.34. The summed E-state index contributed by atoms with van der Waals surface area (Å²) >= 11 is 0. The molecule has 4 heteroatoms. The molecule has 1 unspecified atom stereocenters. The van der Waals surface area contributed by atoms with Gasteiger partial charge in [-0.15, -0.1) is 0 Å². The zero-order valence-electron chi connectivity index (χ0n) is 15.4. The molecule has 4 nitrogen and oxygen atoms in total. The summed E-state index contributed by atoms with van der Waals surface area (Å²) in [5.74, 6) is -0.0929. The SMILES string of the molecule is CC(=O)c1ccc(C(=O)N2CCCC2c2ccc(C(C)(C)C)cc2)[nH]1. The number of aromatic nitrogens is 1. The van der Waals surface area contributed by atoms with E-state index in [0.29, 0.717) is 11.4 Å². The van der Waals surface area contributed by atoms with Gasteiger partial charge in [0.1, 0.15) is 5.69 Å². The highest BCUT2D eigenvalue weighted by atomic mass is 16.2. The van der Waals surface area contributed by atoms with Crippen LogP contribution in [0.3, 0.4) is 0 Å². The number of amides is 1. The molecular formula is C21H26N2O2. The Bertz CT molecular complexity index is 781. The van der Waals surface area contributed by atoms with Gasteiger partial charge in [0.2, 0.25) is 0 Å². The summed E-state index contributed by atoms with van der Waals surface area (Å²) in [6, 6.07) is 12.1. The number of likely N-dealkylation sites (tertiary alicyclic amines) is 1. The number of carbonyl (C=O) groups excluding carboxylic acids is 2. The van der Waals surface area contributed by atoms with E-state index in [9.17, 15) is 9.59 Å². The van der Waals surface area contributed by atoms with Crippen molar-refractivity contribution in [1.29, 1.82) is 0 Å². The number of nitrogens with one attached hydrogen (secondary N) is 1. The smallest absolute Gasteiger partial charge is 0.270 e. The zero-order chi connectivity index (χ0) is 18.2. The van der Waals surface area contributed by atoms with Crippen molar-refractivity contribution in [3.05, 3.63) is 58.9 Å². The number of nitrogens with zero attached hydrogens (tertiary/aromatic N) is 1. The normalized spacial score (nSPS) is 17.8. The number of rotatable bonds is 3. The molecule has 1 fully saturated rings. The minimum absolute atomic E-state index is 0.0325. The van der Waals surface area contributed by atoms with Gasteiger partial charge in [0.15, 0.2) is 5.78 Å². The molecule has 0 spiro atoms. The lowest BCUT2D eigenvalue weighted by atomic mass is 9.86. The van der Waals surface area contributed by atoms with Crippen LogP contribution in [0.1, 0.15) is 78.7 Å². The molecule has 3 rings (SSSR count). The lowest BCUT2D eigenvalue weighted by molar-refractivity contribution is 0.0730. The molecule has 1 N–H and O–H groups in total. The number of H-pyrrole nitrogens is 1. The molecule has 1 atom stereocenters. The first-order chi connectivity index (χ1) is 11.8. The maximum Gasteiger partial charge on any atom is 0.270 e. The predicted molar refractivity (Wildman–Crippen MR) is 99.0 cm³/mol. The Morgan fingerprint density at radius 3 is 2.24 bits per heavy atom. The number of benzene rings is 1. The lowest BCUT2D eigenvalue weighted by Gasteiger charge is -2.26. The fourth-order valence-electron chi connectivity index (χ4n) is 3.44. The van der Waals surface area contributed by atoms with Gasteiger partial charge >= 0.3 is 0 Å². The summed E-state index contributed by atoms with van der Waals surface area (Å²) in [5.41, 5.74) is 3.56. The van der Waals surface area contributed by atoms with Gasteiger partial charge < -0.3 is 9.88 Å². The number of aromatic amines is 1. The van der Waals surface area contributed by atoms with Crippen molar-refractivity contribution in [2.75, 3.05) is 6.54 Å². The van der Waals surface area contributed by atoms with Crippen molar-refractivity contribution < 1.29 is 9.59 Å². The Balaban J connectivity index is 1.82. The molecule has 2 aromatic rings. The Morgan fingerprint density at radius 2 is 1.68 bits per heavy atom. The summed E-state index contributed by atoms with van der Waals surface area (Å²) in [6.07, 6.45) is 1.97. The molecule has 1 aromatic carbocycles. The van der Waals surface area contributed by atoms with E-state index < -0.39 is 0 Å². The summed E-state index contributed by atoms with van der Waals surface area (Å²) in [4.78, 5) is 29.2. The van der Waals surface area contributed by atoms with Crippen LogP contribution in [0.5, 0.6) is 0 Å².